The van der Waals surface area contributed by atoms with Crippen LogP contribution in [-0.4, -0.2) is 73.4 Å². The molecule has 10 heteroatoms. The molecule has 10 nitrogen and oxygen atoms in total. The number of Topliss-reactive ketones (excluding diaryl/α,β-unsaturated/α-hetero) is 1. The summed E-state index contributed by atoms with van der Waals surface area (Å²) in [6, 6.07) is 7.54. The van der Waals surface area contributed by atoms with Crippen molar-refractivity contribution in [2.24, 2.45) is 0 Å². The van der Waals surface area contributed by atoms with Gasteiger partial charge in [-0.05, 0) is 60.9 Å². The third-order valence-electron chi connectivity index (χ3n) is 7.69. The van der Waals surface area contributed by atoms with Gasteiger partial charge in [-0.2, -0.15) is 0 Å². The molecule has 0 saturated carbocycles. The lowest BCUT2D eigenvalue weighted by Crippen LogP contribution is -2.30. The average Bonchev–Trinajstić information content (AvgIpc) is 3.58. The Morgan fingerprint density at radius 3 is 2.40 bits per heavy atom. The Labute approximate surface area is 247 Å². The van der Waals surface area contributed by atoms with Crippen LogP contribution in [0.3, 0.4) is 0 Å². The lowest BCUT2D eigenvalue weighted by molar-refractivity contribution is -0.139. The van der Waals surface area contributed by atoms with Gasteiger partial charge in [0.15, 0.2) is 12.4 Å². The number of amides is 1. The molecule has 0 aliphatic carbocycles. The van der Waals surface area contributed by atoms with Crippen molar-refractivity contribution in [3.05, 3.63) is 52.1 Å². The maximum absolute atomic E-state index is 13.2. The molecular weight excluding hydrogens is 536 g/mol. The minimum Gasteiger partial charge on any atom is -0.493 e. The summed E-state index contributed by atoms with van der Waals surface area (Å²) < 4.78 is 11.5. The van der Waals surface area contributed by atoms with Crippen molar-refractivity contribution in [1.82, 2.24) is 10.2 Å². The first-order valence-corrected chi connectivity index (χ1v) is 14.6. The summed E-state index contributed by atoms with van der Waals surface area (Å²) in [5.41, 5.74) is 4.36. The molecule has 0 radical (unpaired) electrons. The highest BCUT2D eigenvalue weighted by atomic mass is 16.5. The summed E-state index contributed by atoms with van der Waals surface area (Å²) in [6.07, 6.45) is 2.94. The Bertz CT molecular complexity index is 1370. The molecule has 42 heavy (non-hydrogen) atoms. The summed E-state index contributed by atoms with van der Waals surface area (Å²) in [7, 11) is 1.55. The number of hydrogen-bond donors (Lipinski definition) is 3. The number of carboxylic acids is 1. The van der Waals surface area contributed by atoms with Gasteiger partial charge in [0.2, 0.25) is 0 Å². The molecule has 1 amide bonds. The smallest absolute Gasteiger partial charge is 0.341 e. The Kier molecular flexibility index (Phi) is 9.43. The molecule has 0 aromatic heterocycles. The van der Waals surface area contributed by atoms with Gasteiger partial charge in [-0.25, -0.2) is 4.79 Å². The molecule has 0 unspecified atom stereocenters. The highest BCUT2D eigenvalue weighted by Gasteiger charge is 2.30. The maximum atomic E-state index is 13.2. The fourth-order valence-electron chi connectivity index (χ4n) is 5.58. The number of rotatable bonds is 12. The van der Waals surface area contributed by atoms with E-state index >= 15 is 0 Å². The molecule has 2 aliphatic heterocycles. The van der Waals surface area contributed by atoms with Crippen LogP contribution < -0.4 is 19.7 Å². The number of fused-ring (bicyclic) bond motifs is 1. The Balaban J connectivity index is 1.51. The van der Waals surface area contributed by atoms with Crippen LogP contribution in [0.25, 0.3) is 0 Å². The van der Waals surface area contributed by atoms with E-state index in [1.54, 1.807) is 24.1 Å². The summed E-state index contributed by atoms with van der Waals surface area (Å²) in [5.74, 6) is -0.00642. The number of anilines is 1. The molecule has 2 heterocycles. The molecule has 0 bridgehead atoms. The van der Waals surface area contributed by atoms with Crippen LogP contribution in [0.1, 0.15) is 79.6 Å². The predicted molar refractivity (Wildman–Crippen MR) is 161 cm³/mol. The third kappa shape index (κ3) is 6.86. The van der Waals surface area contributed by atoms with Gasteiger partial charge in [-0.3, -0.25) is 15.0 Å². The molecule has 0 spiro atoms. The van der Waals surface area contributed by atoms with Crippen molar-refractivity contribution in [2.45, 2.75) is 65.3 Å². The number of aryl methyl sites for hydroxylation is 1. The SMILES string of the molecule is CCOc1cc2c(cc1C(=O)NC)C(=N)N(CC(=O)CCc1cc(N3CCCC3)c(OCC(=O)O)c(C(C)(C)C)c1)C2. The van der Waals surface area contributed by atoms with Gasteiger partial charge in [-0.1, -0.05) is 26.8 Å². The third-order valence-corrected chi connectivity index (χ3v) is 7.69. The first kappa shape index (κ1) is 30.9. The topological polar surface area (TPSA) is 132 Å². The second-order valence-electron chi connectivity index (χ2n) is 11.9. The second-order valence-corrected chi connectivity index (χ2v) is 11.9. The van der Waals surface area contributed by atoms with E-state index in [9.17, 15) is 19.5 Å². The molecule has 2 aliphatic rings. The summed E-state index contributed by atoms with van der Waals surface area (Å²) in [5, 5.41) is 20.6. The van der Waals surface area contributed by atoms with Crippen LogP contribution >= 0.6 is 0 Å². The van der Waals surface area contributed by atoms with Gasteiger partial charge in [0.1, 0.15) is 17.3 Å². The molecule has 1 saturated heterocycles. The van der Waals surface area contributed by atoms with Crippen LogP contribution in [0.2, 0.25) is 0 Å². The molecule has 226 valence electrons. The van der Waals surface area contributed by atoms with Crippen LogP contribution in [0, 0.1) is 5.41 Å². The van der Waals surface area contributed by atoms with Crippen molar-refractivity contribution in [3.8, 4) is 11.5 Å². The molecule has 1 fully saturated rings. The van der Waals surface area contributed by atoms with Gasteiger partial charge >= 0.3 is 5.97 Å². The van der Waals surface area contributed by atoms with E-state index in [0.717, 1.165) is 48.3 Å². The van der Waals surface area contributed by atoms with Crippen molar-refractivity contribution < 1.29 is 29.0 Å². The van der Waals surface area contributed by atoms with Crippen molar-refractivity contribution in [2.75, 3.05) is 44.8 Å². The molecule has 2 aromatic rings. The predicted octanol–water partition coefficient (Wildman–Crippen LogP) is 4.15. The van der Waals surface area contributed by atoms with Crippen molar-refractivity contribution in [1.29, 1.82) is 5.41 Å². The monoisotopic (exact) mass is 578 g/mol. The maximum Gasteiger partial charge on any atom is 0.341 e. The molecule has 3 N–H and O–H groups in total. The van der Waals surface area contributed by atoms with Crippen molar-refractivity contribution >= 4 is 29.2 Å². The van der Waals surface area contributed by atoms with E-state index in [-0.39, 0.29) is 29.5 Å². The zero-order valence-electron chi connectivity index (χ0n) is 25.3. The highest BCUT2D eigenvalue weighted by Crippen LogP contribution is 2.41. The summed E-state index contributed by atoms with van der Waals surface area (Å²) >= 11 is 0. The standard InChI is InChI=1S/C32H42N4O6/c1-6-41-27-15-21-17-36(30(33)23(21)16-24(27)31(40)34-5)18-22(37)10-9-20-13-25(32(2,3)4)29(42-19-28(38)39)26(14-20)35-11-7-8-12-35/h13-16,33H,6-12,17-19H2,1-5H3,(H,34,40)(H,38,39). The summed E-state index contributed by atoms with van der Waals surface area (Å²) in [4.78, 5) is 40.9. The van der Waals surface area contributed by atoms with Gasteiger partial charge in [0, 0.05) is 44.2 Å². The number of ketones is 1. The van der Waals surface area contributed by atoms with E-state index in [0.29, 0.717) is 48.6 Å². The number of carbonyl (C=O) groups excluding carboxylic acids is 2. The number of benzene rings is 2. The Morgan fingerprint density at radius 2 is 1.79 bits per heavy atom. The lowest BCUT2D eigenvalue weighted by atomic mass is 9.84. The first-order valence-electron chi connectivity index (χ1n) is 14.6. The number of aliphatic carboxylic acids is 1. The number of carbonyl (C=O) groups is 3. The van der Waals surface area contributed by atoms with E-state index in [1.165, 1.54) is 0 Å². The Hall–Kier alpha value is -4.08. The largest absolute Gasteiger partial charge is 0.493 e. The van der Waals surface area contributed by atoms with Crippen LogP contribution in [0.5, 0.6) is 11.5 Å². The van der Waals surface area contributed by atoms with Crippen LogP contribution in [0.15, 0.2) is 24.3 Å². The van der Waals surface area contributed by atoms with Crippen molar-refractivity contribution in [3.63, 3.8) is 0 Å². The highest BCUT2D eigenvalue weighted by molar-refractivity contribution is 6.06. The fraction of sp³-hybridized carbons (Fsp3) is 0.500. The van der Waals surface area contributed by atoms with E-state index < -0.39 is 12.6 Å². The van der Waals surface area contributed by atoms with E-state index in [1.807, 2.05) is 19.1 Å². The number of nitrogens with zero attached hydrogens (tertiary/aromatic N) is 2. The van der Waals surface area contributed by atoms with Crippen LogP contribution in [-0.2, 0) is 28.0 Å². The van der Waals surface area contributed by atoms with E-state index in [2.05, 4.69) is 31.0 Å². The lowest BCUT2D eigenvalue weighted by Gasteiger charge is -2.29. The van der Waals surface area contributed by atoms with Gasteiger partial charge < -0.3 is 29.7 Å². The van der Waals surface area contributed by atoms with Gasteiger partial charge in [0.05, 0.1) is 24.4 Å². The van der Waals surface area contributed by atoms with E-state index in [4.69, 9.17) is 14.9 Å². The van der Waals surface area contributed by atoms with Crippen LogP contribution in [0.4, 0.5) is 5.69 Å². The van der Waals surface area contributed by atoms with Gasteiger partial charge in [0.25, 0.3) is 5.91 Å². The number of nitrogens with one attached hydrogen (secondary N) is 2. The minimum absolute atomic E-state index is 0.00958. The average molecular weight is 579 g/mol. The number of carboxylic acid groups (broad SMARTS) is 1. The Morgan fingerprint density at radius 1 is 1.07 bits per heavy atom. The number of hydrogen-bond acceptors (Lipinski definition) is 7. The van der Waals surface area contributed by atoms with Gasteiger partial charge in [-0.15, -0.1) is 0 Å². The molecular formula is C32H42N4O6. The molecule has 0 atom stereocenters. The number of amidine groups is 1. The molecule has 2 aromatic carbocycles. The number of ether oxygens (including phenoxy) is 2. The zero-order chi connectivity index (χ0) is 30.6. The summed E-state index contributed by atoms with van der Waals surface area (Å²) in [6.45, 7) is 10.3. The first-order chi connectivity index (χ1) is 19.9. The minimum atomic E-state index is -1.02. The quantitative estimate of drug-likeness (QED) is 0.342. The molecule has 4 rings (SSSR count). The fourth-order valence-corrected chi connectivity index (χ4v) is 5.58. The normalized spacial score (nSPS) is 14.6. The second kappa shape index (κ2) is 12.8. The zero-order valence-corrected chi connectivity index (χ0v) is 25.3.